The van der Waals surface area contributed by atoms with Crippen molar-refractivity contribution in [1.82, 2.24) is 4.90 Å². The third-order valence-corrected chi connectivity index (χ3v) is 3.92. The number of nitrogens with zero attached hydrogens (tertiary/aromatic N) is 2. The van der Waals surface area contributed by atoms with Crippen molar-refractivity contribution in [1.29, 1.82) is 0 Å². The Morgan fingerprint density at radius 2 is 1.76 bits per heavy atom. The molecule has 0 radical (unpaired) electrons. The van der Waals surface area contributed by atoms with Gasteiger partial charge in [0.15, 0.2) is 0 Å². The molecule has 21 heavy (non-hydrogen) atoms. The largest absolute Gasteiger partial charge is 0.508 e. The molecule has 5 nitrogen and oxygen atoms in total. The molecular formula is C15H15ClN2O3. The highest BCUT2D eigenvalue weighted by atomic mass is 35.5. The van der Waals surface area contributed by atoms with Crippen LogP contribution >= 0.6 is 11.6 Å². The van der Waals surface area contributed by atoms with Crippen molar-refractivity contribution in [3.05, 3.63) is 47.4 Å². The summed E-state index contributed by atoms with van der Waals surface area (Å²) < 4.78 is 4.96. The van der Waals surface area contributed by atoms with Gasteiger partial charge in [-0.15, -0.1) is 0 Å². The van der Waals surface area contributed by atoms with Crippen molar-refractivity contribution >= 4 is 23.2 Å². The minimum atomic E-state index is -0.0980. The lowest BCUT2D eigenvalue weighted by Gasteiger charge is -2.36. The monoisotopic (exact) mass is 306 g/mol. The third kappa shape index (κ3) is 2.83. The highest BCUT2D eigenvalue weighted by Crippen LogP contribution is 2.22. The van der Waals surface area contributed by atoms with E-state index in [2.05, 4.69) is 4.90 Å². The first-order valence-corrected chi connectivity index (χ1v) is 7.09. The van der Waals surface area contributed by atoms with E-state index in [1.54, 1.807) is 23.1 Å². The average Bonchev–Trinajstić information content (AvgIpc) is 2.94. The molecule has 1 fully saturated rings. The molecule has 1 N–H and O–H groups in total. The van der Waals surface area contributed by atoms with Crippen molar-refractivity contribution in [3.63, 3.8) is 0 Å². The van der Waals surface area contributed by atoms with Gasteiger partial charge in [-0.2, -0.15) is 0 Å². The number of rotatable bonds is 2. The number of piperazine rings is 1. The first kappa shape index (κ1) is 13.8. The summed E-state index contributed by atoms with van der Waals surface area (Å²) in [7, 11) is 0. The van der Waals surface area contributed by atoms with E-state index in [0.29, 0.717) is 18.7 Å². The van der Waals surface area contributed by atoms with Crippen molar-refractivity contribution in [2.75, 3.05) is 31.1 Å². The minimum absolute atomic E-state index is 0.0980. The van der Waals surface area contributed by atoms with Crippen LogP contribution in [0.25, 0.3) is 0 Å². The van der Waals surface area contributed by atoms with Crippen molar-refractivity contribution < 1.29 is 14.3 Å². The molecular weight excluding hydrogens is 292 g/mol. The Morgan fingerprint density at radius 3 is 2.33 bits per heavy atom. The number of hydrogen-bond acceptors (Lipinski definition) is 4. The van der Waals surface area contributed by atoms with Gasteiger partial charge < -0.3 is 19.3 Å². The van der Waals surface area contributed by atoms with E-state index < -0.39 is 0 Å². The Morgan fingerprint density at radius 1 is 1.10 bits per heavy atom. The van der Waals surface area contributed by atoms with E-state index in [0.717, 1.165) is 18.8 Å². The Kier molecular flexibility index (Phi) is 3.75. The second-order valence-electron chi connectivity index (χ2n) is 4.90. The van der Waals surface area contributed by atoms with Gasteiger partial charge in [0.1, 0.15) is 5.75 Å². The first-order valence-electron chi connectivity index (χ1n) is 6.71. The minimum Gasteiger partial charge on any atom is -0.508 e. The van der Waals surface area contributed by atoms with Crippen LogP contribution in [0.2, 0.25) is 5.22 Å². The van der Waals surface area contributed by atoms with Crippen LogP contribution in [0, 0.1) is 0 Å². The van der Waals surface area contributed by atoms with Gasteiger partial charge in [-0.1, -0.05) is 0 Å². The van der Waals surface area contributed by atoms with Crippen LogP contribution in [0.1, 0.15) is 10.4 Å². The van der Waals surface area contributed by atoms with Gasteiger partial charge in [-0.05, 0) is 41.9 Å². The zero-order valence-corrected chi connectivity index (χ0v) is 12.1. The number of carbonyl (C=O) groups excluding carboxylic acids is 1. The molecule has 0 spiro atoms. The van der Waals surface area contributed by atoms with E-state index in [1.807, 2.05) is 12.1 Å². The summed E-state index contributed by atoms with van der Waals surface area (Å²) >= 11 is 5.85. The van der Waals surface area contributed by atoms with E-state index in [1.165, 1.54) is 6.26 Å². The van der Waals surface area contributed by atoms with Crippen LogP contribution in [0.15, 0.2) is 41.0 Å². The number of benzene rings is 1. The molecule has 1 saturated heterocycles. The van der Waals surface area contributed by atoms with Gasteiger partial charge in [0.2, 0.25) is 5.22 Å². The van der Waals surface area contributed by atoms with Crippen molar-refractivity contribution in [2.24, 2.45) is 0 Å². The summed E-state index contributed by atoms with van der Waals surface area (Å²) in [5, 5.41) is 9.45. The molecule has 1 aliphatic rings. The number of anilines is 1. The second kappa shape index (κ2) is 5.69. The second-order valence-corrected chi connectivity index (χ2v) is 5.25. The Hall–Kier alpha value is -2.14. The summed E-state index contributed by atoms with van der Waals surface area (Å²) in [6.45, 7) is 2.74. The van der Waals surface area contributed by atoms with Crippen LogP contribution in [0.5, 0.6) is 5.75 Å². The number of furan rings is 1. The maximum atomic E-state index is 12.3. The molecule has 0 unspecified atom stereocenters. The number of halogens is 1. The summed E-state index contributed by atoms with van der Waals surface area (Å²) in [4.78, 5) is 16.3. The van der Waals surface area contributed by atoms with Crippen molar-refractivity contribution in [2.45, 2.75) is 0 Å². The normalized spacial score (nSPS) is 15.3. The molecule has 110 valence electrons. The van der Waals surface area contributed by atoms with Gasteiger partial charge in [-0.25, -0.2) is 0 Å². The average molecular weight is 307 g/mol. The van der Waals surface area contributed by atoms with E-state index in [-0.39, 0.29) is 16.9 Å². The number of carbonyl (C=O) groups is 1. The Labute approximate surface area is 127 Å². The molecule has 2 aromatic rings. The summed E-state index contributed by atoms with van der Waals surface area (Å²) in [5.74, 6) is 0.154. The van der Waals surface area contributed by atoms with E-state index >= 15 is 0 Å². The Bertz CT molecular complexity index is 631. The maximum Gasteiger partial charge on any atom is 0.258 e. The van der Waals surface area contributed by atoms with Crippen LogP contribution in [-0.2, 0) is 0 Å². The van der Waals surface area contributed by atoms with Crippen molar-refractivity contribution in [3.8, 4) is 5.75 Å². The zero-order chi connectivity index (χ0) is 14.8. The standard InChI is InChI=1S/C15H15ClN2O3/c16-14-13(5-10-21-14)15(20)18-8-6-17(7-9-18)11-1-3-12(19)4-2-11/h1-5,10,19H,6-9H2. The number of aromatic hydroxyl groups is 1. The van der Waals surface area contributed by atoms with Gasteiger partial charge in [0.05, 0.1) is 11.8 Å². The predicted octanol–water partition coefficient (Wildman–Crippen LogP) is 2.60. The van der Waals surface area contributed by atoms with Gasteiger partial charge in [0, 0.05) is 31.9 Å². The molecule has 1 aromatic carbocycles. The quantitative estimate of drug-likeness (QED) is 0.926. The fraction of sp³-hybridized carbons (Fsp3) is 0.267. The smallest absolute Gasteiger partial charge is 0.258 e. The molecule has 3 rings (SSSR count). The maximum absolute atomic E-state index is 12.3. The number of phenols is 1. The fourth-order valence-corrected chi connectivity index (χ4v) is 2.64. The van der Waals surface area contributed by atoms with Gasteiger partial charge in [0.25, 0.3) is 5.91 Å². The molecule has 0 saturated carbocycles. The SMILES string of the molecule is O=C(c1ccoc1Cl)N1CCN(c2ccc(O)cc2)CC1. The predicted molar refractivity (Wildman–Crippen MR) is 79.9 cm³/mol. The number of hydrogen-bond donors (Lipinski definition) is 1. The zero-order valence-electron chi connectivity index (χ0n) is 11.3. The number of amides is 1. The van der Waals surface area contributed by atoms with E-state index in [9.17, 15) is 9.90 Å². The molecule has 0 aliphatic carbocycles. The third-order valence-electron chi connectivity index (χ3n) is 3.63. The molecule has 1 amide bonds. The number of phenolic OH excluding ortho intramolecular Hbond substituents is 1. The summed E-state index contributed by atoms with van der Waals surface area (Å²) in [6, 6.07) is 8.67. The lowest BCUT2D eigenvalue weighted by molar-refractivity contribution is 0.0746. The lowest BCUT2D eigenvalue weighted by atomic mass is 10.2. The highest BCUT2D eigenvalue weighted by molar-refractivity contribution is 6.32. The topological polar surface area (TPSA) is 56.9 Å². The van der Waals surface area contributed by atoms with Gasteiger partial charge in [-0.3, -0.25) is 4.79 Å². The summed E-state index contributed by atoms with van der Waals surface area (Å²) in [6.07, 6.45) is 1.42. The lowest BCUT2D eigenvalue weighted by Crippen LogP contribution is -2.48. The van der Waals surface area contributed by atoms with Crippen LogP contribution in [0.3, 0.4) is 0 Å². The van der Waals surface area contributed by atoms with Crippen LogP contribution in [0.4, 0.5) is 5.69 Å². The molecule has 6 heteroatoms. The molecule has 2 heterocycles. The van der Waals surface area contributed by atoms with Gasteiger partial charge >= 0.3 is 0 Å². The Balaban J connectivity index is 1.64. The fourth-order valence-electron chi connectivity index (χ4n) is 2.45. The highest BCUT2D eigenvalue weighted by Gasteiger charge is 2.24. The molecule has 0 bridgehead atoms. The first-order chi connectivity index (χ1) is 10.1. The van der Waals surface area contributed by atoms with Crippen LogP contribution < -0.4 is 4.90 Å². The molecule has 1 aliphatic heterocycles. The van der Waals surface area contributed by atoms with Crippen LogP contribution in [-0.4, -0.2) is 42.1 Å². The molecule has 0 atom stereocenters. The van der Waals surface area contributed by atoms with E-state index in [4.69, 9.17) is 16.0 Å². The summed E-state index contributed by atoms with van der Waals surface area (Å²) in [5.41, 5.74) is 1.45. The molecule has 1 aromatic heterocycles.